The number of furan rings is 1. The second-order valence-electron chi connectivity index (χ2n) is 8.01. The summed E-state index contributed by atoms with van der Waals surface area (Å²) in [5.74, 6) is 1.36. The number of carbonyl (C=O) groups excluding carboxylic acids is 1. The highest BCUT2D eigenvalue weighted by atomic mass is 79.9. The van der Waals surface area contributed by atoms with Crippen molar-refractivity contribution in [3.8, 4) is 11.3 Å². The van der Waals surface area contributed by atoms with Crippen LogP contribution in [0.25, 0.3) is 17.4 Å². The summed E-state index contributed by atoms with van der Waals surface area (Å²) in [5.41, 5.74) is 1.59. The second-order valence-corrected chi connectivity index (χ2v) is 10.3. The van der Waals surface area contributed by atoms with Crippen molar-refractivity contribution < 1.29 is 9.21 Å². The molecule has 1 aliphatic heterocycles. The highest BCUT2D eigenvalue weighted by molar-refractivity contribution is 9.10. The van der Waals surface area contributed by atoms with E-state index in [0.717, 1.165) is 41.5 Å². The summed E-state index contributed by atoms with van der Waals surface area (Å²) in [4.78, 5) is 24.7. The normalized spacial score (nSPS) is 19.7. The third kappa shape index (κ3) is 4.95. The molecule has 1 saturated heterocycles. The summed E-state index contributed by atoms with van der Waals surface area (Å²) in [6, 6.07) is 13.6. The number of hydrogen-bond acceptors (Lipinski definition) is 5. The Morgan fingerprint density at radius 1 is 1.12 bits per heavy atom. The van der Waals surface area contributed by atoms with Crippen LogP contribution in [0.4, 0.5) is 5.69 Å². The van der Waals surface area contributed by atoms with Crippen molar-refractivity contribution >= 4 is 62.1 Å². The third-order valence-corrected chi connectivity index (χ3v) is 7.58. The zero-order valence-corrected chi connectivity index (χ0v) is 20.9. The van der Waals surface area contributed by atoms with Crippen LogP contribution in [0.3, 0.4) is 0 Å². The fraction of sp³-hybridized carbons (Fsp3) is 0.240. The van der Waals surface area contributed by atoms with E-state index in [1.54, 1.807) is 18.5 Å². The van der Waals surface area contributed by atoms with E-state index in [1.807, 2.05) is 47.4 Å². The van der Waals surface area contributed by atoms with Gasteiger partial charge >= 0.3 is 0 Å². The van der Waals surface area contributed by atoms with Gasteiger partial charge in [-0.1, -0.05) is 58.9 Å². The van der Waals surface area contributed by atoms with Gasteiger partial charge in [-0.15, -0.1) is 0 Å². The van der Waals surface area contributed by atoms with Crippen LogP contribution in [0.15, 0.2) is 73.6 Å². The lowest BCUT2D eigenvalue weighted by atomic mass is 9.94. The Morgan fingerprint density at radius 3 is 2.67 bits per heavy atom. The number of aliphatic imine (C=N–C) groups is 1. The molecule has 0 spiro atoms. The number of halogens is 2. The van der Waals surface area contributed by atoms with Gasteiger partial charge < -0.3 is 4.42 Å². The number of pyridine rings is 1. The van der Waals surface area contributed by atoms with Crippen molar-refractivity contribution in [3.05, 3.63) is 75.0 Å². The summed E-state index contributed by atoms with van der Waals surface area (Å²) in [6.07, 6.45) is 10.4. The molecule has 0 atom stereocenters. The Balaban J connectivity index is 1.47. The van der Waals surface area contributed by atoms with E-state index in [0.29, 0.717) is 26.5 Å². The maximum atomic E-state index is 13.5. The fourth-order valence-electron chi connectivity index (χ4n) is 4.12. The average molecular weight is 543 g/mol. The standard InChI is InChI=1S/C25H21BrClN3O2S/c26-17-8-6-16(7-9-17)22-11-10-19(32-22)14-23-24(31)30(18-4-2-1-3-5-18)25(33-23)29-21-12-13-28-15-20(21)27/h6-15,18H,1-5H2/b23-14+,29-25?. The van der Waals surface area contributed by atoms with Crippen molar-refractivity contribution in [1.29, 1.82) is 0 Å². The smallest absolute Gasteiger partial charge is 0.267 e. The number of hydrogen-bond donors (Lipinski definition) is 0. The molecule has 3 aromatic rings. The SMILES string of the molecule is O=C1/C(=C\c2ccc(-c3ccc(Br)cc3)o2)SC(=Nc2ccncc2Cl)N1C1CCCCC1. The number of benzene rings is 1. The van der Waals surface area contributed by atoms with Crippen molar-refractivity contribution in [2.24, 2.45) is 4.99 Å². The van der Waals surface area contributed by atoms with Crippen molar-refractivity contribution in [1.82, 2.24) is 9.88 Å². The van der Waals surface area contributed by atoms with E-state index in [4.69, 9.17) is 21.0 Å². The number of amidine groups is 1. The molecule has 2 fully saturated rings. The van der Waals surface area contributed by atoms with Gasteiger partial charge in [0.15, 0.2) is 5.17 Å². The molecule has 5 rings (SSSR count). The van der Waals surface area contributed by atoms with Crippen molar-refractivity contribution in [3.63, 3.8) is 0 Å². The van der Waals surface area contributed by atoms with E-state index < -0.39 is 0 Å². The lowest BCUT2D eigenvalue weighted by Gasteiger charge is -2.30. The monoisotopic (exact) mass is 541 g/mol. The van der Waals surface area contributed by atoms with Crippen LogP contribution >= 0.6 is 39.3 Å². The first-order chi connectivity index (χ1) is 16.1. The van der Waals surface area contributed by atoms with Crippen molar-refractivity contribution in [2.75, 3.05) is 0 Å². The second kappa shape index (κ2) is 9.87. The van der Waals surface area contributed by atoms with E-state index in [9.17, 15) is 4.79 Å². The minimum atomic E-state index is -0.0302. The van der Waals surface area contributed by atoms with Gasteiger partial charge in [0, 0.05) is 34.5 Å². The Hall–Kier alpha value is -2.35. The Bertz CT molecular complexity index is 1230. The van der Waals surface area contributed by atoms with Gasteiger partial charge in [-0.25, -0.2) is 4.99 Å². The number of nitrogens with zero attached hydrogens (tertiary/aromatic N) is 3. The number of amides is 1. The topological polar surface area (TPSA) is 58.7 Å². The molecule has 5 nitrogen and oxygen atoms in total. The molecule has 1 amide bonds. The maximum absolute atomic E-state index is 13.5. The lowest BCUT2D eigenvalue weighted by Crippen LogP contribution is -2.40. The van der Waals surface area contributed by atoms with Crippen LogP contribution in [0.2, 0.25) is 5.02 Å². The molecule has 2 aliphatic rings. The van der Waals surface area contributed by atoms with E-state index in [-0.39, 0.29) is 11.9 Å². The predicted molar refractivity (Wildman–Crippen MR) is 137 cm³/mol. The Labute approximate surface area is 210 Å². The molecule has 1 aliphatic carbocycles. The van der Waals surface area contributed by atoms with Crippen LogP contribution in [-0.2, 0) is 4.79 Å². The minimum Gasteiger partial charge on any atom is -0.457 e. The van der Waals surface area contributed by atoms with Gasteiger partial charge in [0.1, 0.15) is 11.5 Å². The van der Waals surface area contributed by atoms with Crippen LogP contribution in [0.5, 0.6) is 0 Å². The van der Waals surface area contributed by atoms with Gasteiger partial charge in [0.2, 0.25) is 0 Å². The third-order valence-electron chi connectivity index (χ3n) is 5.77. The molecule has 2 aromatic heterocycles. The summed E-state index contributed by atoms with van der Waals surface area (Å²) >= 11 is 11.1. The quantitative estimate of drug-likeness (QED) is 0.317. The molecular formula is C25H21BrClN3O2S. The van der Waals surface area contributed by atoms with Crippen LogP contribution in [-0.4, -0.2) is 27.0 Å². The first-order valence-corrected chi connectivity index (χ1v) is 12.8. The molecule has 0 unspecified atom stereocenters. The molecule has 1 saturated carbocycles. The predicted octanol–water partition coefficient (Wildman–Crippen LogP) is 7.69. The van der Waals surface area contributed by atoms with E-state index >= 15 is 0 Å². The summed E-state index contributed by atoms with van der Waals surface area (Å²) in [5, 5.41) is 1.12. The highest BCUT2D eigenvalue weighted by Gasteiger charge is 2.39. The largest absolute Gasteiger partial charge is 0.457 e. The van der Waals surface area contributed by atoms with E-state index in [1.165, 1.54) is 18.2 Å². The van der Waals surface area contributed by atoms with Crippen LogP contribution in [0, 0.1) is 0 Å². The zero-order valence-electron chi connectivity index (χ0n) is 17.7. The van der Waals surface area contributed by atoms with Gasteiger partial charge in [-0.05, 0) is 54.9 Å². The summed E-state index contributed by atoms with van der Waals surface area (Å²) in [7, 11) is 0. The number of thioether (sulfide) groups is 1. The number of carbonyl (C=O) groups is 1. The molecular weight excluding hydrogens is 522 g/mol. The summed E-state index contributed by atoms with van der Waals surface area (Å²) < 4.78 is 7.04. The minimum absolute atomic E-state index is 0.0302. The van der Waals surface area contributed by atoms with Gasteiger partial charge in [-0.2, -0.15) is 0 Å². The van der Waals surface area contributed by atoms with Crippen molar-refractivity contribution in [2.45, 2.75) is 38.1 Å². The first-order valence-electron chi connectivity index (χ1n) is 10.9. The van der Waals surface area contributed by atoms with Gasteiger partial charge in [-0.3, -0.25) is 14.7 Å². The lowest BCUT2D eigenvalue weighted by molar-refractivity contribution is -0.124. The molecule has 168 valence electrons. The van der Waals surface area contributed by atoms with Gasteiger partial charge in [0.05, 0.1) is 15.6 Å². The number of aromatic nitrogens is 1. The van der Waals surface area contributed by atoms with E-state index in [2.05, 4.69) is 20.9 Å². The number of rotatable bonds is 4. The zero-order chi connectivity index (χ0) is 22.8. The Morgan fingerprint density at radius 2 is 1.91 bits per heavy atom. The fourth-order valence-corrected chi connectivity index (χ4v) is 5.57. The molecule has 1 aromatic carbocycles. The van der Waals surface area contributed by atoms with Crippen LogP contribution in [0.1, 0.15) is 37.9 Å². The average Bonchev–Trinajstić information content (AvgIpc) is 3.41. The van der Waals surface area contributed by atoms with Crippen LogP contribution < -0.4 is 0 Å². The molecule has 8 heteroatoms. The molecule has 33 heavy (non-hydrogen) atoms. The highest BCUT2D eigenvalue weighted by Crippen LogP contribution is 2.39. The van der Waals surface area contributed by atoms with Gasteiger partial charge in [0.25, 0.3) is 5.91 Å². The molecule has 0 radical (unpaired) electrons. The Kier molecular flexibility index (Phi) is 6.71. The summed E-state index contributed by atoms with van der Waals surface area (Å²) in [6.45, 7) is 0. The molecule has 0 N–H and O–H groups in total. The first kappa shape index (κ1) is 22.4. The molecule has 0 bridgehead atoms. The maximum Gasteiger partial charge on any atom is 0.267 e. The molecule has 3 heterocycles.